The van der Waals surface area contributed by atoms with Crippen molar-refractivity contribution in [2.24, 2.45) is 4.99 Å². The summed E-state index contributed by atoms with van der Waals surface area (Å²) in [5.74, 6) is 0.488. The van der Waals surface area contributed by atoms with Gasteiger partial charge in [0.1, 0.15) is 5.15 Å². The van der Waals surface area contributed by atoms with Crippen LogP contribution in [0.15, 0.2) is 23.2 Å². The van der Waals surface area contributed by atoms with Gasteiger partial charge in [0.25, 0.3) is 0 Å². The number of thiocarbonyl (C=S) groups is 1. The molecule has 0 aromatic carbocycles. The second kappa shape index (κ2) is 3.42. The molecule has 4 heteroatoms. The minimum Gasteiger partial charge on any atom is -0.216 e. The number of isothiocyanates is 1. The first-order valence-corrected chi connectivity index (χ1v) is 3.32. The van der Waals surface area contributed by atoms with Gasteiger partial charge in [0.05, 0.1) is 5.16 Å². The lowest BCUT2D eigenvalue weighted by atomic mass is 10.5. The fourth-order valence-electron chi connectivity index (χ4n) is 0.507. The van der Waals surface area contributed by atoms with Crippen molar-refractivity contribution in [3.63, 3.8) is 0 Å². The van der Waals surface area contributed by atoms with Crippen molar-refractivity contribution < 1.29 is 0 Å². The van der Waals surface area contributed by atoms with Gasteiger partial charge in [-0.05, 0) is 24.4 Å². The van der Waals surface area contributed by atoms with Gasteiger partial charge in [-0.15, -0.1) is 0 Å². The van der Waals surface area contributed by atoms with Crippen LogP contribution in [0, 0.1) is 0 Å². The Morgan fingerprint density at radius 3 is 3.00 bits per heavy atom. The molecular weight excluding hydrogens is 168 g/mol. The molecule has 0 spiro atoms. The van der Waals surface area contributed by atoms with Gasteiger partial charge in [-0.3, -0.25) is 0 Å². The maximum absolute atomic E-state index is 5.55. The first kappa shape index (κ1) is 7.35. The van der Waals surface area contributed by atoms with Gasteiger partial charge in [0.15, 0.2) is 5.82 Å². The molecule has 2 nitrogen and oxygen atoms in total. The first-order valence-electron chi connectivity index (χ1n) is 2.53. The van der Waals surface area contributed by atoms with E-state index in [0.29, 0.717) is 11.0 Å². The van der Waals surface area contributed by atoms with E-state index >= 15 is 0 Å². The molecule has 0 aliphatic rings. The van der Waals surface area contributed by atoms with Gasteiger partial charge in [0.2, 0.25) is 0 Å². The van der Waals surface area contributed by atoms with E-state index in [1.54, 1.807) is 18.2 Å². The fraction of sp³-hybridized carbons (Fsp3) is 0. The third-order valence-corrected chi connectivity index (χ3v) is 1.16. The topological polar surface area (TPSA) is 25.2 Å². The lowest BCUT2D eigenvalue weighted by Crippen LogP contribution is -1.72. The maximum atomic E-state index is 5.55. The summed E-state index contributed by atoms with van der Waals surface area (Å²) in [4.78, 5) is 7.47. The molecule has 0 N–H and O–H groups in total. The van der Waals surface area contributed by atoms with E-state index in [1.165, 1.54) is 0 Å². The van der Waals surface area contributed by atoms with E-state index in [1.807, 2.05) is 0 Å². The van der Waals surface area contributed by atoms with Crippen LogP contribution in [0.5, 0.6) is 0 Å². The van der Waals surface area contributed by atoms with E-state index < -0.39 is 0 Å². The molecule has 0 aliphatic heterocycles. The second-order valence-corrected chi connectivity index (χ2v) is 2.09. The average Bonchev–Trinajstić information content (AvgIpc) is 1.88. The summed E-state index contributed by atoms with van der Waals surface area (Å²) in [6.07, 6.45) is 0. The smallest absolute Gasteiger partial charge is 0.164 e. The fourth-order valence-corrected chi connectivity index (χ4v) is 0.759. The highest BCUT2D eigenvalue weighted by Gasteiger charge is 1.89. The molecule has 1 rings (SSSR count). The summed E-state index contributed by atoms with van der Waals surface area (Å²) in [5, 5.41) is 2.61. The number of hydrogen-bond acceptors (Lipinski definition) is 3. The first-order chi connectivity index (χ1) is 4.83. The van der Waals surface area contributed by atoms with Crippen molar-refractivity contribution in [3.8, 4) is 0 Å². The van der Waals surface area contributed by atoms with Crippen LogP contribution >= 0.6 is 23.8 Å². The minimum atomic E-state index is 0.409. The predicted octanol–water partition coefficient (Wildman–Crippen LogP) is 2.47. The van der Waals surface area contributed by atoms with Gasteiger partial charge >= 0.3 is 0 Å². The number of halogens is 1. The van der Waals surface area contributed by atoms with Crippen molar-refractivity contribution in [1.82, 2.24) is 4.98 Å². The summed E-state index contributed by atoms with van der Waals surface area (Å²) >= 11 is 9.93. The Bertz CT molecular complexity index is 281. The summed E-state index contributed by atoms with van der Waals surface area (Å²) in [6.45, 7) is 0. The number of nitrogens with zero attached hydrogens (tertiary/aromatic N) is 2. The third kappa shape index (κ3) is 1.88. The van der Waals surface area contributed by atoms with Gasteiger partial charge in [-0.25, -0.2) is 4.98 Å². The number of hydrogen-bond donors (Lipinski definition) is 0. The number of aromatic nitrogens is 1. The van der Waals surface area contributed by atoms with Crippen LogP contribution in [0.25, 0.3) is 0 Å². The minimum absolute atomic E-state index is 0.409. The Kier molecular flexibility index (Phi) is 2.51. The molecule has 1 aromatic heterocycles. The molecule has 0 saturated carbocycles. The van der Waals surface area contributed by atoms with E-state index in [9.17, 15) is 0 Å². The van der Waals surface area contributed by atoms with E-state index in [0.717, 1.165) is 0 Å². The van der Waals surface area contributed by atoms with Crippen LogP contribution in [0.3, 0.4) is 0 Å². The molecule has 10 heavy (non-hydrogen) atoms. The lowest BCUT2D eigenvalue weighted by molar-refractivity contribution is 1.28. The highest BCUT2D eigenvalue weighted by Crippen LogP contribution is 2.10. The van der Waals surface area contributed by atoms with Gasteiger partial charge in [0, 0.05) is 0 Å². The Morgan fingerprint density at radius 2 is 2.40 bits per heavy atom. The molecule has 0 atom stereocenters. The van der Waals surface area contributed by atoms with Crippen molar-refractivity contribution in [3.05, 3.63) is 23.4 Å². The highest BCUT2D eigenvalue weighted by atomic mass is 35.5. The summed E-state index contributed by atoms with van der Waals surface area (Å²) in [5.41, 5.74) is 0. The molecule has 0 saturated heterocycles. The van der Waals surface area contributed by atoms with Crippen molar-refractivity contribution in [1.29, 1.82) is 0 Å². The van der Waals surface area contributed by atoms with Gasteiger partial charge in [-0.2, -0.15) is 4.99 Å². The zero-order valence-corrected chi connectivity index (χ0v) is 6.49. The van der Waals surface area contributed by atoms with Crippen molar-refractivity contribution in [2.45, 2.75) is 0 Å². The Balaban J connectivity index is 3.06. The summed E-state index contributed by atoms with van der Waals surface area (Å²) < 4.78 is 0. The molecule has 50 valence electrons. The molecule has 0 bridgehead atoms. The molecule has 1 heterocycles. The van der Waals surface area contributed by atoms with Crippen LogP contribution in [0.1, 0.15) is 0 Å². The van der Waals surface area contributed by atoms with Crippen molar-refractivity contribution in [2.75, 3.05) is 0 Å². The van der Waals surface area contributed by atoms with E-state index in [2.05, 4.69) is 27.4 Å². The summed E-state index contributed by atoms with van der Waals surface area (Å²) in [7, 11) is 0. The maximum Gasteiger partial charge on any atom is 0.164 e. The molecule has 0 fully saturated rings. The van der Waals surface area contributed by atoms with Gasteiger partial charge in [-0.1, -0.05) is 17.7 Å². The number of aliphatic imine (C=N–C) groups is 1. The molecule has 0 unspecified atom stereocenters. The largest absolute Gasteiger partial charge is 0.216 e. The zero-order valence-electron chi connectivity index (χ0n) is 4.91. The normalized spacial score (nSPS) is 8.50. The molecule has 0 aliphatic carbocycles. The average molecular weight is 171 g/mol. The van der Waals surface area contributed by atoms with Crippen LogP contribution in [0.2, 0.25) is 5.15 Å². The number of rotatable bonds is 1. The van der Waals surface area contributed by atoms with E-state index in [4.69, 9.17) is 11.6 Å². The predicted molar refractivity (Wildman–Crippen MR) is 43.9 cm³/mol. The molecule has 1 aromatic rings. The second-order valence-electron chi connectivity index (χ2n) is 1.52. The van der Waals surface area contributed by atoms with Gasteiger partial charge < -0.3 is 0 Å². The molecular formula is C6H3ClN2S. The monoisotopic (exact) mass is 170 g/mol. The third-order valence-electron chi connectivity index (χ3n) is 0.861. The number of pyridine rings is 1. The standard InChI is InChI=1S/C6H3ClN2S/c7-5-2-1-3-6(9-5)8-4-10/h1-3H. The zero-order chi connectivity index (χ0) is 7.40. The Hall–Kier alpha value is -0.760. The summed E-state index contributed by atoms with van der Waals surface area (Å²) in [6, 6.07) is 5.12. The molecule has 0 radical (unpaired) electrons. The Morgan fingerprint density at radius 1 is 1.60 bits per heavy atom. The van der Waals surface area contributed by atoms with Crippen LogP contribution in [0.4, 0.5) is 5.82 Å². The SMILES string of the molecule is S=C=Nc1cccc(Cl)n1. The van der Waals surface area contributed by atoms with Crippen LogP contribution < -0.4 is 0 Å². The van der Waals surface area contributed by atoms with Crippen molar-refractivity contribution >= 4 is 34.8 Å². The Labute approximate surface area is 68.6 Å². The molecule has 0 amide bonds. The van der Waals surface area contributed by atoms with E-state index in [-0.39, 0.29) is 0 Å². The highest BCUT2D eigenvalue weighted by molar-refractivity contribution is 7.78. The van der Waals surface area contributed by atoms with Crippen LogP contribution in [-0.2, 0) is 0 Å². The van der Waals surface area contributed by atoms with Crippen LogP contribution in [-0.4, -0.2) is 10.1 Å². The lowest BCUT2D eigenvalue weighted by Gasteiger charge is -1.88. The quantitative estimate of drug-likeness (QED) is 0.368.